The van der Waals surface area contributed by atoms with Gasteiger partial charge in [-0.25, -0.2) is 0 Å². The predicted octanol–water partition coefficient (Wildman–Crippen LogP) is 3.79. The van der Waals surface area contributed by atoms with Gasteiger partial charge in [0, 0.05) is 0 Å². The number of para-hydroxylation sites is 1. The molecule has 1 saturated carbocycles. The lowest BCUT2D eigenvalue weighted by Gasteiger charge is -2.39. The van der Waals surface area contributed by atoms with Crippen molar-refractivity contribution in [3.05, 3.63) is 60.2 Å². The van der Waals surface area contributed by atoms with E-state index in [1.807, 2.05) is 24.3 Å². The van der Waals surface area contributed by atoms with Crippen molar-refractivity contribution in [3.63, 3.8) is 0 Å². The monoisotopic (exact) mass is 326 g/mol. The van der Waals surface area contributed by atoms with Crippen molar-refractivity contribution < 1.29 is 10.2 Å². The van der Waals surface area contributed by atoms with Crippen LogP contribution in [0.5, 0.6) is 5.75 Å². The quantitative estimate of drug-likeness (QED) is 0.839. The summed E-state index contributed by atoms with van der Waals surface area (Å²) in [7, 11) is -1.91. The zero-order valence-electron chi connectivity index (χ0n) is 13.9. The molecular formula is C20H26O2Si. The first kappa shape index (κ1) is 16.3. The SMILES string of the molecule is C[Si](C)(c1ccccc1)[C@H](c1ccccc1O)[C@H]1CCC[C@@H]1O. The third kappa shape index (κ3) is 3.08. The van der Waals surface area contributed by atoms with Gasteiger partial charge in [-0.1, -0.05) is 73.2 Å². The molecule has 1 aliphatic carbocycles. The zero-order valence-corrected chi connectivity index (χ0v) is 14.9. The van der Waals surface area contributed by atoms with Crippen molar-refractivity contribution in [1.29, 1.82) is 0 Å². The number of aromatic hydroxyl groups is 1. The standard InChI is InChI=1S/C20H26O2Si/c1-23(2,15-9-4-3-5-10-15)20(17-12-8-14-19(17)22)16-11-6-7-13-18(16)21/h3-7,9-11,13,17,19-22H,8,12,14H2,1-2H3/t17-,19-,20+/m0/s1. The number of rotatable bonds is 4. The summed E-state index contributed by atoms with van der Waals surface area (Å²) in [5.74, 6) is 0.610. The number of aliphatic hydroxyl groups is 1. The molecule has 3 rings (SSSR count). The summed E-state index contributed by atoms with van der Waals surface area (Å²) < 4.78 is 0. The van der Waals surface area contributed by atoms with Crippen molar-refractivity contribution in [2.24, 2.45) is 5.92 Å². The number of aliphatic hydroxyl groups excluding tert-OH is 1. The Bertz CT molecular complexity index is 654. The average Bonchev–Trinajstić information content (AvgIpc) is 2.96. The Labute approximate surface area is 139 Å². The average molecular weight is 327 g/mol. The van der Waals surface area contributed by atoms with Gasteiger partial charge in [-0.2, -0.15) is 0 Å². The Balaban J connectivity index is 2.10. The largest absolute Gasteiger partial charge is 0.508 e. The second kappa shape index (κ2) is 6.50. The minimum atomic E-state index is -1.91. The van der Waals surface area contributed by atoms with E-state index in [4.69, 9.17) is 0 Å². The third-order valence-electron chi connectivity index (χ3n) is 5.53. The molecule has 23 heavy (non-hydrogen) atoms. The molecular weight excluding hydrogens is 300 g/mol. The molecule has 0 saturated heterocycles. The lowest BCUT2D eigenvalue weighted by Crippen LogP contribution is -2.51. The highest BCUT2D eigenvalue weighted by molar-refractivity contribution is 6.91. The molecule has 1 fully saturated rings. The van der Waals surface area contributed by atoms with Crippen LogP contribution >= 0.6 is 0 Å². The molecule has 0 amide bonds. The van der Waals surface area contributed by atoms with Gasteiger partial charge < -0.3 is 10.2 Å². The fourth-order valence-electron chi connectivity index (χ4n) is 4.31. The van der Waals surface area contributed by atoms with E-state index >= 15 is 0 Å². The van der Waals surface area contributed by atoms with Gasteiger partial charge >= 0.3 is 0 Å². The molecule has 2 nitrogen and oxygen atoms in total. The minimum absolute atomic E-state index is 0.226. The maximum atomic E-state index is 10.6. The number of hydrogen-bond donors (Lipinski definition) is 2. The normalized spacial score (nSPS) is 22.9. The summed E-state index contributed by atoms with van der Waals surface area (Å²) >= 11 is 0. The Kier molecular flexibility index (Phi) is 4.60. The lowest BCUT2D eigenvalue weighted by atomic mass is 9.94. The molecule has 0 heterocycles. The summed E-state index contributed by atoms with van der Waals surface area (Å²) in [5, 5.41) is 22.4. The van der Waals surface area contributed by atoms with Crippen molar-refractivity contribution in [1.82, 2.24) is 0 Å². The second-order valence-corrected chi connectivity index (χ2v) is 11.9. The molecule has 0 radical (unpaired) electrons. The van der Waals surface area contributed by atoms with E-state index < -0.39 is 8.07 Å². The van der Waals surface area contributed by atoms with Gasteiger partial charge in [-0.3, -0.25) is 0 Å². The van der Waals surface area contributed by atoms with Gasteiger partial charge in [0.05, 0.1) is 14.2 Å². The molecule has 3 atom stereocenters. The summed E-state index contributed by atoms with van der Waals surface area (Å²) in [5.41, 5.74) is 1.24. The molecule has 0 aliphatic heterocycles. The van der Waals surface area contributed by atoms with Gasteiger partial charge in [0.1, 0.15) is 5.75 Å². The first-order valence-electron chi connectivity index (χ1n) is 8.53. The van der Waals surface area contributed by atoms with Crippen LogP contribution < -0.4 is 5.19 Å². The summed E-state index contributed by atoms with van der Waals surface area (Å²) in [6.07, 6.45) is 2.75. The van der Waals surface area contributed by atoms with E-state index in [0.717, 1.165) is 24.8 Å². The van der Waals surface area contributed by atoms with Gasteiger partial charge in [0.25, 0.3) is 0 Å². The summed E-state index contributed by atoms with van der Waals surface area (Å²) in [6, 6.07) is 18.3. The molecule has 2 aromatic rings. The Morgan fingerprint density at radius 3 is 2.22 bits per heavy atom. The zero-order chi connectivity index (χ0) is 16.4. The van der Waals surface area contributed by atoms with E-state index in [2.05, 4.69) is 37.4 Å². The third-order valence-corrected chi connectivity index (χ3v) is 9.64. The lowest BCUT2D eigenvalue weighted by molar-refractivity contribution is 0.128. The fraction of sp³-hybridized carbons (Fsp3) is 0.400. The van der Waals surface area contributed by atoms with Gasteiger partial charge in [-0.15, -0.1) is 0 Å². The number of phenolic OH excluding ortho intramolecular Hbond substituents is 1. The highest BCUT2D eigenvalue weighted by atomic mass is 28.3. The van der Waals surface area contributed by atoms with E-state index in [1.54, 1.807) is 6.07 Å². The molecule has 3 heteroatoms. The maximum absolute atomic E-state index is 10.6. The topological polar surface area (TPSA) is 40.5 Å². The van der Waals surface area contributed by atoms with Crippen LogP contribution in [0.25, 0.3) is 0 Å². The van der Waals surface area contributed by atoms with Crippen LogP contribution in [0.3, 0.4) is 0 Å². The smallest absolute Gasteiger partial charge is 0.118 e. The number of benzene rings is 2. The summed E-state index contributed by atoms with van der Waals surface area (Å²) in [4.78, 5) is 0. The van der Waals surface area contributed by atoms with Gasteiger partial charge in [0.2, 0.25) is 0 Å². The second-order valence-electron chi connectivity index (χ2n) is 7.29. The van der Waals surface area contributed by atoms with E-state index in [9.17, 15) is 10.2 Å². The van der Waals surface area contributed by atoms with E-state index in [-0.39, 0.29) is 17.6 Å². The molecule has 0 unspecified atom stereocenters. The Hall–Kier alpha value is -1.58. The highest BCUT2D eigenvalue weighted by Gasteiger charge is 2.44. The molecule has 122 valence electrons. The van der Waals surface area contributed by atoms with Gasteiger partial charge in [0.15, 0.2) is 0 Å². The van der Waals surface area contributed by atoms with Crippen LogP contribution in [0.2, 0.25) is 13.1 Å². The van der Waals surface area contributed by atoms with Crippen molar-refractivity contribution >= 4 is 13.3 Å². The first-order chi connectivity index (χ1) is 11.0. The molecule has 0 aromatic heterocycles. The van der Waals surface area contributed by atoms with Gasteiger partial charge in [-0.05, 0) is 35.9 Å². The van der Waals surface area contributed by atoms with E-state index in [0.29, 0.717) is 5.75 Å². The highest BCUT2D eigenvalue weighted by Crippen LogP contribution is 2.45. The van der Waals surface area contributed by atoms with Crippen LogP contribution in [0.15, 0.2) is 54.6 Å². The van der Waals surface area contributed by atoms with Crippen LogP contribution in [-0.2, 0) is 0 Å². The summed E-state index contributed by atoms with van der Waals surface area (Å²) in [6.45, 7) is 4.73. The van der Waals surface area contributed by atoms with Crippen molar-refractivity contribution in [2.45, 2.75) is 44.0 Å². The van der Waals surface area contributed by atoms with Crippen molar-refractivity contribution in [2.75, 3.05) is 0 Å². The number of hydrogen-bond acceptors (Lipinski definition) is 2. The molecule has 1 aliphatic rings. The predicted molar refractivity (Wildman–Crippen MR) is 97.8 cm³/mol. The first-order valence-corrected chi connectivity index (χ1v) is 11.6. The molecule has 2 N–H and O–H groups in total. The van der Waals surface area contributed by atoms with Crippen LogP contribution in [0.1, 0.15) is 30.4 Å². The van der Waals surface area contributed by atoms with E-state index in [1.165, 1.54) is 5.19 Å². The maximum Gasteiger partial charge on any atom is 0.118 e. The molecule has 2 aromatic carbocycles. The van der Waals surface area contributed by atoms with Crippen LogP contribution in [0, 0.1) is 5.92 Å². The molecule has 0 spiro atoms. The minimum Gasteiger partial charge on any atom is -0.508 e. The number of phenols is 1. The van der Waals surface area contributed by atoms with Crippen molar-refractivity contribution in [3.8, 4) is 5.75 Å². The van der Waals surface area contributed by atoms with Crippen LogP contribution in [-0.4, -0.2) is 24.4 Å². The fourth-order valence-corrected chi connectivity index (χ4v) is 8.20. The van der Waals surface area contributed by atoms with Crippen LogP contribution in [0.4, 0.5) is 0 Å². The molecule has 0 bridgehead atoms. The Morgan fingerprint density at radius 2 is 1.61 bits per heavy atom. The Morgan fingerprint density at radius 1 is 0.957 bits per heavy atom.